The van der Waals surface area contributed by atoms with Gasteiger partial charge in [0.2, 0.25) is 0 Å². The van der Waals surface area contributed by atoms with Crippen molar-refractivity contribution in [3.63, 3.8) is 0 Å². The molecule has 0 radical (unpaired) electrons. The lowest BCUT2D eigenvalue weighted by atomic mass is 10.2. The largest absolute Gasteiger partial charge is 0.383 e. The Labute approximate surface area is 172 Å². The third-order valence-electron chi connectivity index (χ3n) is 5.38. The van der Waals surface area contributed by atoms with E-state index in [1.165, 1.54) is 4.68 Å². The van der Waals surface area contributed by atoms with E-state index in [0.29, 0.717) is 33.5 Å². The summed E-state index contributed by atoms with van der Waals surface area (Å²) < 4.78 is 1.47. The molecule has 0 bridgehead atoms. The van der Waals surface area contributed by atoms with Crippen molar-refractivity contribution >= 4 is 40.1 Å². The molecule has 30 heavy (non-hydrogen) atoms. The number of aromatic nitrogens is 4. The minimum atomic E-state index is -0.235. The molecule has 8 heteroatoms. The molecule has 1 amide bonds. The molecule has 0 atom stereocenters. The number of fused-ring (bicyclic) bond motifs is 2. The number of rotatable bonds is 4. The number of pyridine rings is 1. The maximum atomic E-state index is 13.1. The Morgan fingerprint density at radius 1 is 1.10 bits per heavy atom. The molecule has 0 spiro atoms. The first-order valence-electron chi connectivity index (χ1n) is 10.0. The minimum Gasteiger partial charge on any atom is -0.383 e. The fourth-order valence-corrected chi connectivity index (χ4v) is 3.89. The van der Waals surface area contributed by atoms with Gasteiger partial charge >= 0.3 is 0 Å². The van der Waals surface area contributed by atoms with Gasteiger partial charge in [0, 0.05) is 12.2 Å². The molecule has 1 saturated carbocycles. The summed E-state index contributed by atoms with van der Waals surface area (Å²) in [5.41, 5.74) is 9.68. The number of anilines is 1. The second-order valence-corrected chi connectivity index (χ2v) is 7.41. The summed E-state index contributed by atoms with van der Waals surface area (Å²) in [7, 11) is 0. The normalized spacial score (nSPS) is 14.8. The van der Waals surface area contributed by atoms with Gasteiger partial charge in [0.15, 0.2) is 5.65 Å². The van der Waals surface area contributed by atoms with Gasteiger partial charge in [0.25, 0.3) is 5.91 Å². The summed E-state index contributed by atoms with van der Waals surface area (Å²) in [5.74, 6) is -0.0243. The second kappa shape index (κ2) is 7.55. The van der Waals surface area contributed by atoms with E-state index < -0.39 is 0 Å². The summed E-state index contributed by atoms with van der Waals surface area (Å²) in [4.78, 5) is 26.8. The lowest BCUT2D eigenvalue weighted by Crippen LogP contribution is -2.33. The van der Waals surface area contributed by atoms with Crippen LogP contribution in [0.4, 0.5) is 5.82 Å². The Hall–Kier alpha value is -3.81. The highest BCUT2D eigenvalue weighted by Gasteiger charge is 2.26. The Morgan fingerprint density at radius 2 is 1.83 bits per heavy atom. The quantitative estimate of drug-likeness (QED) is 0.512. The average molecular weight is 399 g/mol. The first kappa shape index (κ1) is 18.2. The molecule has 3 heterocycles. The summed E-state index contributed by atoms with van der Waals surface area (Å²) in [6.07, 6.45) is 7.49. The molecule has 0 saturated heterocycles. The number of nitrogens with zero attached hydrogens (tertiary/aromatic N) is 5. The number of hydrogen-bond donors (Lipinski definition) is 2. The van der Waals surface area contributed by atoms with Crippen molar-refractivity contribution < 1.29 is 4.79 Å². The maximum absolute atomic E-state index is 13.1. The van der Waals surface area contributed by atoms with E-state index in [0.717, 1.165) is 25.7 Å². The zero-order valence-electron chi connectivity index (χ0n) is 16.3. The van der Waals surface area contributed by atoms with Gasteiger partial charge in [-0.25, -0.2) is 9.97 Å². The number of amides is 1. The first-order chi connectivity index (χ1) is 14.7. The van der Waals surface area contributed by atoms with Gasteiger partial charge in [0.05, 0.1) is 22.9 Å². The molecule has 1 aliphatic rings. The van der Waals surface area contributed by atoms with Crippen molar-refractivity contribution in [1.29, 1.82) is 0 Å². The van der Waals surface area contributed by atoms with Crippen molar-refractivity contribution in [2.75, 3.05) is 5.73 Å². The van der Waals surface area contributed by atoms with Crippen LogP contribution in [-0.4, -0.2) is 37.8 Å². The number of benzene rings is 1. The molecule has 4 aromatic rings. The molecular formula is C22H21N7O. The summed E-state index contributed by atoms with van der Waals surface area (Å²) in [6.45, 7) is 0. The molecular weight excluding hydrogens is 378 g/mol. The van der Waals surface area contributed by atoms with Crippen LogP contribution in [-0.2, 0) is 0 Å². The first-order valence-corrected chi connectivity index (χ1v) is 10.0. The Bertz CT molecular complexity index is 1260. The average Bonchev–Trinajstić information content (AvgIpc) is 3.36. The van der Waals surface area contributed by atoms with Gasteiger partial charge in [-0.1, -0.05) is 31.0 Å². The number of nitrogen functional groups attached to an aromatic ring is 1. The van der Waals surface area contributed by atoms with Gasteiger partial charge in [0.1, 0.15) is 16.9 Å². The van der Waals surface area contributed by atoms with Crippen molar-refractivity contribution in [3.8, 4) is 0 Å². The van der Waals surface area contributed by atoms with E-state index in [1.807, 2.05) is 42.5 Å². The summed E-state index contributed by atoms with van der Waals surface area (Å²) in [5, 5.41) is 7.57. The fourth-order valence-electron chi connectivity index (χ4n) is 3.89. The van der Waals surface area contributed by atoms with E-state index in [1.54, 1.807) is 12.4 Å². The van der Waals surface area contributed by atoms with Crippen molar-refractivity contribution in [2.24, 2.45) is 5.10 Å². The van der Waals surface area contributed by atoms with Crippen LogP contribution in [0.5, 0.6) is 0 Å². The highest BCUT2D eigenvalue weighted by molar-refractivity contribution is 6.10. The van der Waals surface area contributed by atoms with E-state index in [2.05, 4.69) is 15.4 Å². The zero-order chi connectivity index (χ0) is 20.5. The van der Waals surface area contributed by atoms with E-state index in [9.17, 15) is 4.79 Å². The SMILES string of the molecule is Nc1c(C(=O)NC2CCCC2)c2nc3ccccc3nc2n1/N=C/c1ccccn1. The molecule has 0 unspecified atom stereocenters. The zero-order valence-corrected chi connectivity index (χ0v) is 16.3. The number of hydrogen-bond acceptors (Lipinski definition) is 6. The molecule has 3 aromatic heterocycles. The van der Waals surface area contributed by atoms with Gasteiger partial charge in [-0.3, -0.25) is 9.78 Å². The van der Waals surface area contributed by atoms with Gasteiger partial charge < -0.3 is 11.1 Å². The number of para-hydroxylation sites is 2. The topological polar surface area (TPSA) is 111 Å². The standard InChI is InChI=1S/C22H21N7O/c23-20-18(22(30)26-14-7-1-2-8-14)19-21(28-17-11-4-3-10-16(17)27-19)29(20)25-13-15-9-5-6-12-24-15/h3-6,9-14H,1-2,7-8,23H2,(H,26,30)/b25-13+. The van der Waals surface area contributed by atoms with Crippen LogP contribution >= 0.6 is 0 Å². The van der Waals surface area contributed by atoms with Crippen LogP contribution < -0.4 is 11.1 Å². The Balaban J connectivity index is 1.66. The molecule has 3 N–H and O–H groups in total. The summed E-state index contributed by atoms with van der Waals surface area (Å²) >= 11 is 0. The molecule has 1 fully saturated rings. The van der Waals surface area contributed by atoms with Crippen LogP contribution in [0, 0.1) is 0 Å². The van der Waals surface area contributed by atoms with Gasteiger partial charge in [-0.2, -0.15) is 9.78 Å². The van der Waals surface area contributed by atoms with Crippen LogP contribution in [0.25, 0.3) is 22.2 Å². The second-order valence-electron chi connectivity index (χ2n) is 7.41. The maximum Gasteiger partial charge on any atom is 0.257 e. The monoisotopic (exact) mass is 399 g/mol. The minimum absolute atomic E-state index is 0.167. The fraction of sp³-hybridized carbons (Fsp3) is 0.227. The third-order valence-corrected chi connectivity index (χ3v) is 5.38. The molecule has 150 valence electrons. The number of nitrogens with one attached hydrogen (secondary N) is 1. The third kappa shape index (κ3) is 3.26. The lowest BCUT2D eigenvalue weighted by Gasteiger charge is -2.11. The lowest BCUT2D eigenvalue weighted by molar-refractivity contribution is 0.0940. The van der Waals surface area contributed by atoms with Gasteiger partial charge in [-0.05, 0) is 37.1 Å². The smallest absolute Gasteiger partial charge is 0.257 e. The van der Waals surface area contributed by atoms with E-state index in [-0.39, 0.29) is 17.8 Å². The Kier molecular flexibility index (Phi) is 4.59. The summed E-state index contributed by atoms with van der Waals surface area (Å²) in [6, 6.07) is 13.2. The van der Waals surface area contributed by atoms with E-state index in [4.69, 9.17) is 15.7 Å². The van der Waals surface area contributed by atoms with Crippen molar-refractivity contribution in [1.82, 2.24) is 24.9 Å². The highest BCUT2D eigenvalue weighted by Crippen LogP contribution is 2.28. The predicted molar refractivity (Wildman–Crippen MR) is 116 cm³/mol. The number of nitrogens with two attached hydrogens (primary N) is 1. The molecule has 0 aliphatic heterocycles. The number of carbonyl (C=O) groups excluding carboxylic acids is 1. The van der Waals surface area contributed by atoms with Crippen LogP contribution in [0.1, 0.15) is 41.7 Å². The number of carbonyl (C=O) groups is 1. The molecule has 1 aliphatic carbocycles. The molecule has 5 rings (SSSR count). The van der Waals surface area contributed by atoms with Crippen LogP contribution in [0.3, 0.4) is 0 Å². The van der Waals surface area contributed by atoms with Crippen LogP contribution in [0.2, 0.25) is 0 Å². The van der Waals surface area contributed by atoms with E-state index >= 15 is 0 Å². The van der Waals surface area contributed by atoms with Crippen LogP contribution in [0.15, 0.2) is 53.8 Å². The highest BCUT2D eigenvalue weighted by atomic mass is 16.1. The molecule has 8 nitrogen and oxygen atoms in total. The predicted octanol–water partition coefficient (Wildman–Crippen LogP) is 3.12. The molecule has 1 aromatic carbocycles. The van der Waals surface area contributed by atoms with Crippen molar-refractivity contribution in [3.05, 3.63) is 59.9 Å². The van der Waals surface area contributed by atoms with Gasteiger partial charge in [-0.15, -0.1) is 0 Å². The van der Waals surface area contributed by atoms with Crippen molar-refractivity contribution in [2.45, 2.75) is 31.7 Å². The Morgan fingerprint density at radius 3 is 2.57 bits per heavy atom.